The summed E-state index contributed by atoms with van der Waals surface area (Å²) in [5.74, 6) is -0.407. The number of hydrogen-bond acceptors (Lipinski definition) is 4. The molecular weight excluding hydrogens is 348 g/mol. The number of benzene rings is 1. The number of Topliss-reactive ketones (excluding diaryl/α,β-unsaturated/α-hetero) is 1. The molecule has 7 heteroatoms. The number of alkyl halides is 1. The summed E-state index contributed by atoms with van der Waals surface area (Å²) in [6.45, 7) is 0. The number of nitrogens with zero attached hydrogens (tertiary/aromatic N) is 1. The van der Waals surface area contributed by atoms with E-state index in [-0.39, 0.29) is 23.1 Å². The van der Waals surface area contributed by atoms with Crippen molar-refractivity contribution in [3.63, 3.8) is 0 Å². The first-order chi connectivity index (χ1) is 7.51. The molecule has 0 bridgehead atoms. The first kappa shape index (κ1) is 13.2. The molecule has 0 heterocycles. The Morgan fingerprint density at radius 1 is 1.62 bits per heavy atom. The van der Waals surface area contributed by atoms with E-state index in [1.165, 1.54) is 19.2 Å². The largest absolute Gasteiger partial charge is 0.490 e. The summed E-state index contributed by atoms with van der Waals surface area (Å²) >= 11 is 7.19. The first-order valence-corrected chi connectivity index (χ1v) is 5.73. The Kier molecular flexibility index (Phi) is 4.48. The van der Waals surface area contributed by atoms with Crippen LogP contribution in [0.4, 0.5) is 5.69 Å². The number of rotatable bonds is 4. The van der Waals surface area contributed by atoms with Gasteiger partial charge in [-0.3, -0.25) is 14.9 Å². The van der Waals surface area contributed by atoms with Gasteiger partial charge in [-0.1, -0.05) is 0 Å². The lowest BCUT2D eigenvalue weighted by molar-refractivity contribution is -0.386. The molecule has 1 rings (SSSR count). The maximum atomic E-state index is 11.4. The van der Waals surface area contributed by atoms with Gasteiger partial charge in [0.05, 0.1) is 21.5 Å². The Morgan fingerprint density at radius 3 is 2.69 bits per heavy atom. The first-order valence-electron chi connectivity index (χ1n) is 4.12. The van der Waals surface area contributed by atoms with Crippen molar-refractivity contribution in [1.82, 2.24) is 0 Å². The quantitative estimate of drug-likeness (QED) is 0.274. The zero-order chi connectivity index (χ0) is 12.3. The molecule has 0 unspecified atom stereocenters. The van der Waals surface area contributed by atoms with Gasteiger partial charge in [-0.2, -0.15) is 0 Å². The molecule has 0 N–H and O–H groups in total. The van der Waals surface area contributed by atoms with E-state index in [9.17, 15) is 14.9 Å². The Hall–Kier alpha value is -0.890. The lowest BCUT2D eigenvalue weighted by atomic mass is 10.1. The smallest absolute Gasteiger partial charge is 0.324 e. The fourth-order valence-corrected chi connectivity index (χ4v) is 2.10. The minimum atomic E-state index is -0.546. The van der Waals surface area contributed by atoms with Gasteiger partial charge in [0.1, 0.15) is 0 Å². The number of hydrogen-bond donors (Lipinski definition) is 0. The molecule has 1 aromatic rings. The SMILES string of the molecule is COc1cc(C(=O)CCl)cc(I)c1[N+](=O)[O-]. The Bertz CT molecular complexity index is 449. The number of nitro groups is 1. The van der Waals surface area contributed by atoms with E-state index in [4.69, 9.17) is 16.3 Å². The Labute approximate surface area is 110 Å². The molecule has 0 amide bonds. The molecule has 0 saturated heterocycles. The zero-order valence-corrected chi connectivity index (χ0v) is 11.1. The third kappa shape index (κ3) is 2.62. The van der Waals surface area contributed by atoms with Crippen LogP contribution in [0.2, 0.25) is 0 Å². The topological polar surface area (TPSA) is 69.4 Å². The highest BCUT2D eigenvalue weighted by molar-refractivity contribution is 14.1. The average molecular weight is 356 g/mol. The second-order valence-corrected chi connectivity index (χ2v) is 4.25. The minimum absolute atomic E-state index is 0.0605. The van der Waals surface area contributed by atoms with Crippen molar-refractivity contribution in [2.45, 2.75) is 0 Å². The molecule has 5 nitrogen and oxygen atoms in total. The predicted molar refractivity (Wildman–Crippen MR) is 67.4 cm³/mol. The van der Waals surface area contributed by atoms with E-state index < -0.39 is 4.92 Å². The van der Waals surface area contributed by atoms with Crippen LogP contribution in [0.1, 0.15) is 10.4 Å². The van der Waals surface area contributed by atoms with Gasteiger partial charge >= 0.3 is 5.69 Å². The van der Waals surface area contributed by atoms with Gasteiger partial charge in [-0.05, 0) is 34.7 Å². The van der Waals surface area contributed by atoms with Crippen LogP contribution < -0.4 is 4.74 Å². The summed E-state index contributed by atoms with van der Waals surface area (Å²) in [6.07, 6.45) is 0. The molecule has 86 valence electrons. The van der Waals surface area contributed by atoms with Crippen LogP contribution >= 0.6 is 34.2 Å². The van der Waals surface area contributed by atoms with E-state index in [2.05, 4.69) is 0 Å². The van der Waals surface area contributed by atoms with Crippen molar-refractivity contribution < 1.29 is 14.5 Å². The molecule has 0 spiro atoms. The summed E-state index contributed by atoms with van der Waals surface area (Å²) < 4.78 is 5.22. The standard InChI is InChI=1S/C9H7ClINO4/c1-16-8-3-5(7(13)4-10)2-6(11)9(8)12(14)15/h2-3H,4H2,1H3. The average Bonchev–Trinajstić information content (AvgIpc) is 2.26. The molecule has 0 aliphatic rings. The van der Waals surface area contributed by atoms with Crippen LogP contribution in [0.15, 0.2) is 12.1 Å². The van der Waals surface area contributed by atoms with Gasteiger partial charge in [0.25, 0.3) is 0 Å². The third-order valence-electron chi connectivity index (χ3n) is 1.87. The van der Waals surface area contributed by atoms with Crippen LogP contribution in [-0.2, 0) is 0 Å². The normalized spacial score (nSPS) is 9.94. The number of ketones is 1. The van der Waals surface area contributed by atoms with E-state index in [0.29, 0.717) is 9.13 Å². The van der Waals surface area contributed by atoms with Crippen molar-refractivity contribution in [3.8, 4) is 5.75 Å². The van der Waals surface area contributed by atoms with Crippen molar-refractivity contribution in [2.75, 3.05) is 13.0 Å². The number of ether oxygens (including phenoxy) is 1. The van der Waals surface area contributed by atoms with Gasteiger partial charge in [0.15, 0.2) is 11.5 Å². The van der Waals surface area contributed by atoms with Gasteiger partial charge in [-0.25, -0.2) is 0 Å². The monoisotopic (exact) mass is 355 g/mol. The summed E-state index contributed by atoms with van der Waals surface area (Å²) in [5.41, 5.74) is 0.163. The number of halogens is 2. The van der Waals surface area contributed by atoms with Crippen LogP contribution in [0.3, 0.4) is 0 Å². The van der Waals surface area contributed by atoms with Gasteiger partial charge in [0.2, 0.25) is 0 Å². The van der Waals surface area contributed by atoms with Gasteiger partial charge in [0, 0.05) is 5.56 Å². The van der Waals surface area contributed by atoms with Crippen molar-refractivity contribution in [1.29, 1.82) is 0 Å². The maximum absolute atomic E-state index is 11.4. The molecular formula is C9H7ClINO4. The third-order valence-corrected chi connectivity index (χ3v) is 2.94. The van der Waals surface area contributed by atoms with Crippen LogP contribution in [0, 0.1) is 13.7 Å². The lowest BCUT2D eigenvalue weighted by Crippen LogP contribution is -2.04. The second-order valence-electron chi connectivity index (χ2n) is 2.82. The molecule has 0 saturated carbocycles. The summed E-state index contributed by atoms with van der Waals surface area (Å²) in [4.78, 5) is 21.6. The molecule has 0 aliphatic heterocycles. The highest BCUT2D eigenvalue weighted by Crippen LogP contribution is 2.33. The predicted octanol–water partition coefficient (Wildman–Crippen LogP) is 2.63. The highest BCUT2D eigenvalue weighted by atomic mass is 127. The van der Waals surface area contributed by atoms with E-state index >= 15 is 0 Å². The van der Waals surface area contributed by atoms with Crippen molar-refractivity contribution in [2.24, 2.45) is 0 Å². The summed E-state index contributed by atoms with van der Waals surface area (Å²) in [7, 11) is 1.31. The maximum Gasteiger partial charge on any atom is 0.324 e. The Morgan fingerprint density at radius 2 is 2.25 bits per heavy atom. The molecule has 0 atom stereocenters. The minimum Gasteiger partial charge on any atom is -0.490 e. The number of nitro benzene ring substituents is 1. The number of methoxy groups -OCH3 is 1. The Balaban J connectivity index is 3.37. The van der Waals surface area contributed by atoms with Crippen molar-refractivity contribution >= 4 is 45.7 Å². The molecule has 16 heavy (non-hydrogen) atoms. The molecule has 0 aliphatic carbocycles. The molecule has 0 aromatic heterocycles. The zero-order valence-electron chi connectivity index (χ0n) is 8.20. The fraction of sp³-hybridized carbons (Fsp3) is 0.222. The summed E-state index contributed by atoms with van der Waals surface area (Å²) in [5, 5.41) is 10.8. The van der Waals surface area contributed by atoms with E-state index in [1.54, 1.807) is 22.6 Å². The van der Waals surface area contributed by atoms with Crippen LogP contribution in [-0.4, -0.2) is 23.7 Å². The second kappa shape index (κ2) is 5.44. The van der Waals surface area contributed by atoms with Gasteiger partial charge in [-0.15, -0.1) is 11.6 Å². The van der Waals surface area contributed by atoms with E-state index in [0.717, 1.165) is 0 Å². The van der Waals surface area contributed by atoms with E-state index in [1.807, 2.05) is 0 Å². The number of carbonyl (C=O) groups is 1. The fourth-order valence-electron chi connectivity index (χ4n) is 1.14. The van der Waals surface area contributed by atoms with Crippen LogP contribution in [0.5, 0.6) is 5.75 Å². The van der Waals surface area contributed by atoms with Gasteiger partial charge < -0.3 is 4.74 Å². The molecule has 1 aromatic carbocycles. The number of carbonyl (C=O) groups excluding carboxylic acids is 1. The molecule has 0 radical (unpaired) electrons. The van der Waals surface area contributed by atoms with Crippen molar-refractivity contribution in [3.05, 3.63) is 31.4 Å². The lowest BCUT2D eigenvalue weighted by Gasteiger charge is -2.05. The highest BCUT2D eigenvalue weighted by Gasteiger charge is 2.22. The summed E-state index contributed by atoms with van der Waals surface area (Å²) in [6, 6.07) is 2.75. The molecule has 0 fully saturated rings. The van der Waals surface area contributed by atoms with Crippen LogP contribution in [0.25, 0.3) is 0 Å².